The van der Waals surface area contributed by atoms with Crippen molar-refractivity contribution < 1.29 is 4.79 Å². The van der Waals surface area contributed by atoms with Crippen LogP contribution in [0.15, 0.2) is 42.0 Å². The lowest BCUT2D eigenvalue weighted by molar-refractivity contribution is -0.120. The number of nitrogens with one attached hydrogen (secondary N) is 1. The number of nitrogen functional groups attached to an aromatic ring is 1. The Bertz CT molecular complexity index is 1440. The van der Waals surface area contributed by atoms with Crippen molar-refractivity contribution in [3.8, 4) is 11.3 Å². The van der Waals surface area contributed by atoms with Crippen LogP contribution in [0, 0.1) is 0 Å². The van der Waals surface area contributed by atoms with Gasteiger partial charge in [-0.1, -0.05) is 12.1 Å². The monoisotopic (exact) mass is 443 g/mol. The Kier molecular flexibility index (Phi) is 4.50. The van der Waals surface area contributed by atoms with E-state index >= 15 is 0 Å². The van der Waals surface area contributed by atoms with E-state index in [-0.39, 0.29) is 6.04 Å². The fraction of sp³-hybridized carbons (Fsp3) is 0.261. The Morgan fingerprint density at radius 2 is 2.06 bits per heavy atom. The highest BCUT2D eigenvalue weighted by Gasteiger charge is 2.26. The maximum Gasteiger partial charge on any atom is 0.164 e. The largest absolute Gasteiger partial charge is 0.383 e. The van der Waals surface area contributed by atoms with Gasteiger partial charge in [0, 0.05) is 29.7 Å². The van der Waals surface area contributed by atoms with Crippen molar-refractivity contribution >= 4 is 45.0 Å². The highest BCUT2D eigenvalue weighted by molar-refractivity contribution is 7.09. The molecule has 0 radical (unpaired) electrons. The molecule has 8 nitrogen and oxygen atoms in total. The van der Waals surface area contributed by atoms with Crippen molar-refractivity contribution in [3.63, 3.8) is 0 Å². The minimum absolute atomic E-state index is 0.131. The summed E-state index contributed by atoms with van der Waals surface area (Å²) in [6, 6.07) is 10.4. The van der Waals surface area contributed by atoms with Gasteiger partial charge in [-0.2, -0.15) is 5.10 Å². The number of aromatic amines is 1. The predicted molar refractivity (Wildman–Crippen MR) is 124 cm³/mol. The lowest BCUT2D eigenvalue weighted by atomic mass is 9.94. The highest BCUT2D eigenvalue weighted by Crippen LogP contribution is 2.36. The van der Waals surface area contributed by atoms with E-state index in [0.717, 1.165) is 58.4 Å². The number of ketones is 1. The zero-order chi connectivity index (χ0) is 21.7. The van der Waals surface area contributed by atoms with Gasteiger partial charge in [-0.3, -0.25) is 4.79 Å². The molecule has 0 aliphatic heterocycles. The van der Waals surface area contributed by atoms with E-state index < -0.39 is 0 Å². The molecule has 4 aromatic heterocycles. The Labute approximate surface area is 187 Å². The third-order valence-electron chi connectivity index (χ3n) is 6.10. The van der Waals surface area contributed by atoms with Gasteiger partial charge in [-0.15, -0.1) is 11.3 Å². The van der Waals surface area contributed by atoms with Gasteiger partial charge < -0.3 is 10.7 Å². The van der Waals surface area contributed by atoms with Crippen LogP contribution >= 0.6 is 11.3 Å². The van der Waals surface area contributed by atoms with Gasteiger partial charge in [0.2, 0.25) is 0 Å². The molecule has 0 atom stereocenters. The van der Waals surface area contributed by atoms with Gasteiger partial charge in [-0.05, 0) is 36.4 Å². The number of nitrogens with zero attached hydrogens (tertiary/aromatic N) is 5. The fourth-order valence-corrected chi connectivity index (χ4v) is 5.20. The summed E-state index contributed by atoms with van der Waals surface area (Å²) < 4.78 is 1.94. The summed E-state index contributed by atoms with van der Waals surface area (Å²) >= 11 is 1.73. The minimum atomic E-state index is 0.131. The third kappa shape index (κ3) is 3.25. The third-order valence-corrected chi connectivity index (χ3v) is 6.98. The SMILES string of the molecule is Nc1ncnc2c1c(-c1ccc3nc(Cc4cccs4)[nH]c3c1)nn2C1CCC(=O)CC1. The van der Waals surface area contributed by atoms with Crippen LogP contribution in [0.25, 0.3) is 33.3 Å². The molecule has 32 heavy (non-hydrogen) atoms. The second kappa shape index (κ2) is 7.52. The smallest absolute Gasteiger partial charge is 0.164 e. The van der Waals surface area contributed by atoms with Gasteiger partial charge in [0.25, 0.3) is 0 Å². The number of thiophene rings is 1. The number of aromatic nitrogens is 6. The molecule has 1 fully saturated rings. The zero-order valence-corrected chi connectivity index (χ0v) is 18.1. The number of hydrogen-bond acceptors (Lipinski definition) is 7. The second-order valence-corrected chi connectivity index (χ2v) is 9.22. The van der Waals surface area contributed by atoms with Crippen LogP contribution < -0.4 is 5.73 Å². The Morgan fingerprint density at radius 3 is 2.88 bits per heavy atom. The predicted octanol–water partition coefficient (Wildman–Crippen LogP) is 4.29. The summed E-state index contributed by atoms with van der Waals surface area (Å²) in [5.74, 6) is 1.66. The van der Waals surface area contributed by atoms with E-state index in [4.69, 9.17) is 15.8 Å². The highest BCUT2D eigenvalue weighted by atomic mass is 32.1. The second-order valence-electron chi connectivity index (χ2n) is 8.19. The number of carbonyl (C=O) groups excluding carboxylic acids is 1. The van der Waals surface area contributed by atoms with Gasteiger partial charge in [-0.25, -0.2) is 19.6 Å². The Morgan fingerprint density at radius 1 is 1.19 bits per heavy atom. The van der Waals surface area contributed by atoms with E-state index in [9.17, 15) is 4.79 Å². The Hall–Kier alpha value is -3.59. The number of Topliss-reactive ketones (excluding diaryl/α,β-unsaturated/α-hetero) is 1. The van der Waals surface area contributed by atoms with Crippen molar-refractivity contribution in [3.05, 3.63) is 52.7 Å². The first-order valence-corrected chi connectivity index (χ1v) is 11.6. The van der Waals surface area contributed by atoms with Gasteiger partial charge in [0.05, 0.1) is 22.5 Å². The average Bonchev–Trinajstić information content (AvgIpc) is 3.53. The number of hydrogen-bond donors (Lipinski definition) is 2. The molecule has 1 aromatic carbocycles. The maximum absolute atomic E-state index is 11.7. The molecule has 4 heterocycles. The summed E-state index contributed by atoms with van der Waals surface area (Å²) in [6.45, 7) is 0. The quantitative estimate of drug-likeness (QED) is 0.428. The molecule has 1 aliphatic rings. The van der Waals surface area contributed by atoms with Crippen LogP contribution in [0.4, 0.5) is 5.82 Å². The number of rotatable bonds is 4. The van der Waals surface area contributed by atoms with Crippen molar-refractivity contribution in [2.24, 2.45) is 0 Å². The molecule has 0 unspecified atom stereocenters. The normalized spacial score (nSPS) is 15.2. The first kappa shape index (κ1) is 19.1. The maximum atomic E-state index is 11.7. The van der Waals surface area contributed by atoms with Crippen LogP contribution in [0.5, 0.6) is 0 Å². The standard InChI is InChI=1S/C23H21N7OS/c24-22-20-21(29-30(23(20)26-12-25-22)14-4-6-15(31)7-5-14)13-3-8-17-18(10-13)28-19(27-17)11-16-2-1-9-32-16/h1-3,8-10,12,14H,4-7,11H2,(H,27,28)(H2,24,25,26). The van der Waals surface area contributed by atoms with Crippen molar-refractivity contribution in [1.82, 2.24) is 29.7 Å². The lowest BCUT2D eigenvalue weighted by Crippen LogP contribution is -2.19. The van der Waals surface area contributed by atoms with Crippen LogP contribution in [-0.4, -0.2) is 35.5 Å². The molecule has 160 valence electrons. The van der Waals surface area contributed by atoms with Crippen LogP contribution in [0.3, 0.4) is 0 Å². The molecular weight excluding hydrogens is 422 g/mol. The van der Waals surface area contributed by atoms with Crippen molar-refractivity contribution in [2.75, 3.05) is 5.73 Å². The number of carbonyl (C=O) groups is 1. The number of anilines is 1. The molecule has 1 saturated carbocycles. The van der Waals surface area contributed by atoms with Crippen molar-refractivity contribution in [2.45, 2.75) is 38.1 Å². The minimum Gasteiger partial charge on any atom is -0.383 e. The lowest BCUT2D eigenvalue weighted by Gasteiger charge is -2.21. The van der Waals surface area contributed by atoms with Crippen LogP contribution in [0.2, 0.25) is 0 Å². The topological polar surface area (TPSA) is 115 Å². The number of nitrogens with two attached hydrogens (primary N) is 1. The Balaban J connectivity index is 1.43. The average molecular weight is 444 g/mol. The molecule has 1 aliphatic carbocycles. The summed E-state index contributed by atoms with van der Waals surface area (Å²) in [5, 5.41) is 7.76. The van der Waals surface area contributed by atoms with E-state index in [0.29, 0.717) is 24.4 Å². The number of benzene rings is 1. The molecule has 6 rings (SSSR count). The van der Waals surface area contributed by atoms with E-state index in [1.807, 2.05) is 16.8 Å². The first-order chi connectivity index (χ1) is 15.7. The van der Waals surface area contributed by atoms with E-state index in [1.54, 1.807) is 11.3 Å². The van der Waals surface area contributed by atoms with Gasteiger partial charge in [0.15, 0.2) is 5.65 Å². The number of imidazole rings is 1. The number of H-pyrrole nitrogens is 1. The van der Waals surface area contributed by atoms with Crippen molar-refractivity contribution in [1.29, 1.82) is 0 Å². The molecule has 0 bridgehead atoms. The molecule has 0 saturated heterocycles. The fourth-order valence-electron chi connectivity index (χ4n) is 4.49. The molecular formula is C23H21N7OS. The summed E-state index contributed by atoms with van der Waals surface area (Å²) in [4.78, 5) is 29.9. The molecule has 9 heteroatoms. The number of fused-ring (bicyclic) bond motifs is 2. The van der Waals surface area contributed by atoms with E-state index in [2.05, 4.69) is 38.5 Å². The molecule has 3 N–H and O–H groups in total. The van der Waals surface area contributed by atoms with Gasteiger partial charge >= 0.3 is 0 Å². The van der Waals surface area contributed by atoms with E-state index in [1.165, 1.54) is 11.2 Å². The zero-order valence-electron chi connectivity index (χ0n) is 17.3. The molecule has 0 amide bonds. The summed E-state index contributed by atoms with van der Waals surface area (Å²) in [6.07, 6.45) is 4.95. The van der Waals surface area contributed by atoms with Crippen LogP contribution in [-0.2, 0) is 11.2 Å². The molecule has 5 aromatic rings. The summed E-state index contributed by atoms with van der Waals surface area (Å²) in [5.41, 5.74) is 10.5. The molecule has 0 spiro atoms. The van der Waals surface area contributed by atoms with Crippen LogP contribution in [0.1, 0.15) is 42.4 Å². The van der Waals surface area contributed by atoms with Gasteiger partial charge in [0.1, 0.15) is 29.4 Å². The first-order valence-electron chi connectivity index (χ1n) is 10.7. The summed E-state index contributed by atoms with van der Waals surface area (Å²) in [7, 11) is 0.